The van der Waals surface area contributed by atoms with E-state index >= 15 is 0 Å². The Labute approximate surface area is 220 Å². The molecule has 180 valence electrons. The molecule has 0 aliphatic carbocycles. The Kier molecular flexibility index (Phi) is 8.78. The van der Waals surface area contributed by atoms with Gasteiger partial charge in [0.2, 0.25) is 0 Å². The van der Waals surface area contributed by atoms with Crippen molar-refractivity contribution in [1.29, 1.82) is 0 Å². The van der Waals surface area contributed by atoms with Gasteiger partial charge in [-0.05, 0) is 68.7 Å². The van der Waals surface area contributed by atoms with Crippen LogP contribution in [0, 0.1) is 5.92 Å². The van der Waals surface area contributed by atoms with Crippen molar-refractivity contribution in [2.24, 2.45) is 11.7 Å². The molecule has 0 aromatic heterocycles. The molecule has 33 heavy (non-hydrogen) atoms. The van der Waals surface area contributed by atoms with Gasteiger partial charge in [-0.25, -0.2) is 0 Å². The van der Waals surface area contributed by atoms with Crippen molar-refractivity contribution in [3.05, 3.63) is 47.5 Å². The summed E-state index contributed by atoms with van der Waals surface area (Å²) in [6, 6.07) is 13.2. The van der Waals surface area contributed by atoms with Gasteiger partial charge in [-0.1, -0.05) is 43.8 Å². The molecule has 1 atom stereocenters. The predicted molar refractivity (Wildman–Crippen MR) is 135 cm³/mol. The number of likely N-dealkylation sites (tertiary alicyclic amines) is 1. The highest BCUT2D eigenvalue weighted by atomic mass is 127. The number of aryl methyl sites for hydroxylation is 1. The van der Waals surface area contributed by atoms with E-state index in [1.165, 1.54) is 42.9 Å². The molecule has 1 saturated heterocycles. The molecule has 1 amide bonds. The van der Waals surface area contributed by atoms with Crippen LogP contribution in [-0.2, 0) is 6.42 Å². The van der Waals surface area contributed by atoms with Gasteiger partial charge in [0, 0.05) is 9.79 Å². The maximum absolute atomic E-state index is 12.9. The molecular weight excluding hydrogens is 541 g/mol. The molecule has 2 aliphatic heterocycles. The number of halogens is 1. The summed E-state index contributed by atoms with van der Waals surface area (Å²) in [4.78, 5) is 17.7. The van der Waals surface area contributed by atoms with E-state index in [-0.39, 0.29) is 35.9 Å². The number of rotatable bonds is 7. The van der Waals surface area contributed by atoms with Gasteiger partial charge in [-0.3, -0.25) is 4.79 Å². The number of hydrogen-bond donors (Lipinski definition) is 1. The van der Waals surface area contributed by atoms with Gasteiger partial charge in [-0.2, -0.15) is 0 Å². The van der Waals surface area contributed by atoms with Crippen molar-refractivity contribution in [2.45, 2.75) is 68.7 Å². The van der Waals surface area contributed by atoms with Crippen LogP contribution in [0.15, 0.2) is 46.2 Å². The predicted octanol–water partition coefficient (Wildman–Crippen LogP) is 3.00. The monoisotopic (exact) mass is 579 g/mol. The zero-order chi connectivity index (χ0) is 22.9. The minimum Gasteiger partial charge on any atom is -1.00 e. The van der Waals surface area contributed by atoms with E-state index in [2.05, 4.69) is 69.1 Å². The van der Waals surface area contributed by atoms with Crippen molar-refractivity contribution in [3.8, 4) is 0 Å². The topological polar surface area (TPSA) is 46.3 Å². The number of nitrogens with two attached hydrogens (primary N) is 1. The zero-order valence-electron chi connectivity index (χ0n) is 20.4. The largest absolute Gasteiger partial charge is 1.00 e. The van der Waals surface area contributed by atoms with E-state index < -0.39 is 0 Å². The van der Waals surface area contributed by atoms with Crippen LogP contribution in [0.5, 0.6) is 0 Å². The number of anilines is 2. The van der Waals surface area contributed by atoms with Gasteiger partial charge in [0.1, 0.15) is 0 Å². The highest BCUT2D eigenvalue weighted by molar-refractivity contribution is 7.99. The second-order valence-corrected chi connectivity index (χ2v) is 11.4. The molecule has 2 aliphatic rings. The smallest absolute Gasteiger partial charge is 0.251 e. The maximum atomic E-state index is 12.9. The van der Waals surface area contributed by atoms with Crippen LogP contribution < -0.4 is 34.6 Å². The number of likely N-dealkylation sites (N-methyl/N-ethyl adjacent to an activating group) is 1. The number of fused-ring (bicyclic) bond motifs is 2. The van der Waals surface area contributed by atoms with E-state index in [9.17, 15) is 4.79 Å². The fourth-order valence-corrected chi connectivity index (χ4v) is 6.57. The Balaban J connectivity index is 0.00000306. The lowest BCUT2D eigenvalue weighted by molar-refractivity contribution is -0.914. The maximum Gasteiger partial charge on any atom is 0.251 e. The average Bonchev–Trinajstić information content (AvgIpc) is 2.75. The Morgan fingerprint density at radius 3 is 2.42 bits per heavy atom. The van der Waals surface area contributed by atoms with Crippen LogP contribution in [0.1, 0.15) is 62.4 Å². The first-order valence-corrected chi connectivity index (χ1v) is 13.0. The molecule has 0 saturated carbocycles. The summed E-state index contributed by atoms with van der Waals surface area (Å²) in [6.45, 7) is 10.3. The number of amides is 1. The van der Waals surface area contributed by atoms with Gasteiger partial charge in [0.15, 0.2) is 0 Å². The first-order valence-electron chi connectivity index (χ1n) is 12.1. The lowest BCUT2D eigenvalue weighted by Gasteiger charge is -2.44. The quantitative estimate of drug-likeness (QED) is 0.406. The van der Waals surface area contributed by atoms with Gasteiger partial charge < -0.3 is 39.1 Å². The average molecular weight is 580 g/mol. The minimum atomic E-state index is -0.309. The molecule has 1 unspecified atom stereocenters. The van der Waals surface area contributed by atoms with Crippen molar-refractivity contribution >= 4 is 29.0 Å². The third kappa shape index (κ3) is 5.70. The van der Waals surface area contributed by atoms with Gasteiger partial charge in [-0.15, -0.1) is 0 Å². The molecule has 4 rings (SSSR count). The molecule has 0 radical (unpaired) electrons. The summed E-state index contributed by atoms with van der Waals surface area (Å²) >= 11 is 1.76. The van der Waals surface area contributed by atoms with Crippen LogP contribution in [-0.4, -0.2) is 43.1 Å². The van der Waals surface area contributed by atoms with Gasteiger partial charge in [0.25, 0.3) is 5.91 Å². The summed E-state index contributed by atoms with van der Waals surface area (Å²) in [5.41, 5.74) is 10.1. The summed E-state index contributed by atoms with van der Waals surface area (Å²) in [6.07, 6.45) is 5.88. The summed E-state index contributed by atoms with van der Waals surface area (Å²) in [5, 5.41) is 0. The number of carbonyl (C=O) groups excluding carboxylic acids is 1. The number of nitrogens with zero attached hydrogens (tertiary/aromatic N) is 2. The summed E-state index contributed by atoms with van der Waals surface area (Å²) in [7, 11) is 2.40. The van der Waals surface area contributed by atoms with Crippen LogP contribution in [0.3, 0.4) is 0 Å². The second kappa shape index (κ2) is 11.0. The van der Waals surface area contributed by atoms with Crippen LogP contribution in [0.25, 0.3) is 0 Å². The number of benzene rings is 2. The Hall–Kier alpha value is -1.25. The lowest BCUT2D eigenvalue weighted by atomic mass is 9.95. The fourth-order valence-electron chi connectivity index (χ4n) is 5.48. The van der Waals surface area contributed by atoms with Crippen molar-refractivity contribution in [1.82, 2.24) is 0 Å². The molecule has 0 spiro atoms. The van der Waals surface area contributed by atoms with Crippen molar-refractivity contribution in [3.63, 3.8) is 0 Å². The molecule has 1 fully saturated rings. The normalized spacial score (nSPS) is 17.7. The molecule has 4 nitrogen and oxygen atoms in total. The van der Waals surface area contributed by atoms with Gasteiger partial charge >= 0.3 is 0 Å². The SMILES string of the molecule is CC(C)CCc1ccc2c(c1C(N)=O)N(C(C)C[N+]1(C)CCCCC1)c1ccccc1S2.[I-]. The van der Waals surface area contributed by atoms with E-state index in [4.69, 9.17) is 5.73 Å². The van der Waals surface area contributed by atoms with E-state index in [1.54, 1.807) is 11.8 Å². The van der Waals surface area contributed by atoms with E-state index in [1.807, 2.05) is 0 Å². The molecule has 2 N–H and O–H groups in total. The van der Waals surface area contributed by atoms with Crippen molar-refractivity contribution < 1.29 is 33.3 Å². The van der Waals surface area contributed by atoms with E-state index in [0.717, 1.165) is 45.6 Å². The summed E-state index contributed by atoms with van der Waals surface area (Å²) < 4.78 is 1.10. The first-order chi connectivity index (χ1) is 15.3. The Morgan fingerprint density at radius 1 is 1.06 bits per heavy atom. The number of hydrogen-bond acceptors (Lipinski definition) is 3. The lowest BCUT2D eigenvalue weighted by Crippen LogP contribution is -3.00. The number of primary amides is 1. The van der Waals surface area contributed by atoms with Crippen LogP contribution in [0.4, 0.5) is 11.4 Å². The zero-order valence-corrected chi connectivity index (χ0v) is 23.4. The number of carbonyl (C=O) groups is 1. The fraction of sp³-hybridized carbons (Fsp3) is 0.519. The van der Waals surface area contributed by atoms with E-state index in [0.29, 0.717) is 5.92 Å². The molecular formula is C27H38IN3OS. The van der Waals surface area contributed by atoms with Crippen LogP contribution >= 0.6 is 11.8 Å². The van der Waals surface area contributed by atoms with Gasteiger partial charge in [0.05, 0.1) is 49.7 Å². The molecule has 2 heterocycles. The molecule has 2 aromatic rings. The Bertz CT molecular complexity index is 987. The standard InChI is InChI=1S/C27H37N3OS.HI/c1-19(2)12-13-21-14-15-24-26(25(21)27(28)31)29(22-10-6-7-11-23(22)32-24)20(3)18-30(4)16-8-5-9-17-30;/h6-7,10-11,14-15,19-20H,5,8-9,12-13,16-18H2,1-4H3,(H-,28,31);1H. The van der Waals surface area contributed by atoms with Crippen LogP contribution in [0.2, 0.25) is 0 Å². The second-order valence-electron chi connectivity index (χ2n) is 10.3. The highest BCUT2D eigenvalue weighted by Gasteiger charge is 2.36. The van der Waals surface area contributed by atoms with Crippen molar-refractivity contribution in [2.75, 3.05) is 31.6 Å². The first kappa shape index (κ1) is 26.4. The number of para-hydroxylation sites is 1. The number of quaternary nitrogens is 1. The Morgan fingerprint density at radius 2 is 1.76 bits per heavy atom. The molecule has 6 heteroatoms. The summed E-state index contributed by atoms with van der Waals surface area (Å²) in [5.74, 6) is 0.275. The number of piperidine rings is 1. The molecule has 2 aromatic carbocycles. The third-order valence-corrected chi connectivity index (χ3v) is 8.21. The molecule has 0 bridgehead atoms. The minimum absolute atomic E-state index is 0. The highest BCUT2D eigenvalue weighted by Crippen LogP contribution is 2.51. The third-order valence-electron chi connectivity index (χ3n) is 7.09.